The number of hydrogen-bond acceptors (Lipinski definition) is 1. The van der Waals surface area contributed by atoms with Crippen molar-refractivity contribution in [2.24, 2.45) is 0 Å². The summed E-state index contributed by atoms with van der Waals surface area (Å²) in [5.74, 6) is 0. The Morgan fingerprint density at radius 2 is 1.88 bits per heavy atom. The highest BCUT2D eigenvalue weighted by Crippen LogP contribution is 2.39. The highest BCUT2D eigenvalue weighted by Gasteiger charge is 2.44. The van der Waals surface area contributed by atoms with Crippen LogP contribution >= 0.6 is 23.1 Å². The summed E-state index contributed by atoms with van der Waals surface area (Å²) in [7, 11) is -1.69. The van der Waals surface area contributed by atoms with E-state index in [-0.39, 0.29) is 11.3 Å². The summed E-state index contributed by atoms with van der Waals surface area (Å²) >= 11 is 12.4. The van der Waals surface area contributed by atoms with Crippen LogP contribution in [-0.2, 0) is 0 Å². The van der Waals surface area contributed by atoms with Gasteiger partial charge in [-0.05, 0) is 11.4 Å². The van der Waals surface area contributed by atoms with Gasteiger partial charge in [0.1, 0.15) is 8.24 Å². The smallest absolute Gasteiger partial charge is 0.328 e. The molecule has 0 aromatic rings. The van der Waals surface area contributed by atoms with Gasteiger partial charge in [0, 0.05) is 11.6 Å². The number of halogens is 2. The monoisotopic (exact) mass is 291 g/mol. The lowest BCUT2D eigenvalue weighted by molar-refractivity contribution is 0.601. The minimum Gasteiger partial charge on any atom is -0.346 e. The van der Waals surface area contributed by atoms with Gasteiger partial charge in [-0.3, -0.25) is 0 Å². The number of hydrogen-bond donors (Lipinski definition) is 0. The molecule has 0 spiro atoms. The summed E-state index contributed by atoms with van der Waals surface area (Å²) in [6.07, 6.45) is 2.57. The van der Waals surface area contributed by atoms with Crippen molar-refractivity contribution in [1.29, 1.82) is 0 Å². The molecule has 0 aromatic carbocycles. The zero-order chi connectivity index (χ0) is 13.9. The SMILES string of the molecule is C=CCB(Cl)N(CC(=C)Cl)[Si](C)(C)C(C)(C)C. The van der Waals surface area contributed by atoms with E-state index >= 15 is 0 Å². The van der Waals surface area contributed by atoms with Gasteiger partial charge in [-0.25, -0.2) is 0 Å². The summed E-state index contributed by atoms with van der Waals surface area (Å²) in [5.41, 5.74) is 0. The first kappa shape index (κ1) is 17.3. The molecule has 0 aliphatic carbocycles. The highest BCUT2D eigenvalue weighted by molar-refractivity contribution is 7.10. The van der Waals surface area contributed by atoms with Crippen LogP contribution in [0.2, 0.25) is 24.5 Å². The lowest BCUT2D eigenvalue weighted by Gasteiger charge is -2.47. The first-order chi connectivity index (χ1) is 7.54. The second-order valence-corrected chi connectivity index (χ2v) is 12.1. The Hall–Kier alpha value is 0.302. The maximum absolute atomic E-state index is 6.47. The summed E-state index contributed by atoms with van der Waals surface area (Å²) in [6, 6.07) is 0. The Kier molecular flexibility index (Phi) is 6.58. The molecule has 0 bridgehead atoms. The molecular formula is C12H24BCl2NSi. The molecule has 0 fully saturated rings. The summed E-state index contributed by atoms with van der Waals surface area (Å²) in [4.78, 5) is 0. The zero-order valence-corrected chi connectivity index (χ0v) is 14.2. The van der Waals surface area contributed by atoms with Crippen molar-refractivity contribution >= 4 is 37.6 Å². The van der Waals surface area contributed by atoms with Gasteiger partial charge in [0.25, 0.3) is 0 Å². The second kappa shape index (κ2) is 6.46. The van der Waals surface area contributed by atoms with E-state index in [1.165, 1.54) is 0 Å². The van der Waals surface area contributed by atoms with E-state index in [2.05, 4.69) is 51.5 Å². The van der Waals surface area contributed by atoms with E-state index in [0.717, 1.165) is 6.32 Å². The molecule has 0 aliphatic rings. The third-order valence-corrected chi connectivity index (χ3v) is 9.87. The highest BCUT2D eigenvalue weighted by atomic mass is 35.5. The van der Waals surface area contributed by atoms with E-state index in [1.807, 2.05) is 6.08 Å². The molecule has 0 atom stereocenters. The van der Waals surface area contributed by atoms with Crippen molar-refractivity contribution < 1.29 is 0 Å². The van der Waals surface area contributed by atoms with Crippen molar-refractivity contribution in [3.63, 3.8) is 0 Å². The van der Waals surface area contributed by atoms with Gasteiger partial charge >= 0.3 is 6.26 Å². The molecule has 98 valence electrons. The number of rotatable bonds is 6. The fraction of sp³-hybridized carbons (Fsp3) is 0.667. The van der Waals surface area contributed by atoms with Crippen molar-refractivity contribution in [1.82, 2.24) is 4.48 Å². The van der Waals surface area contributed by atoms with Crippen LogP contribution in [0.3, 0.4) is 0 Å². The van der Waals surface area contributed by atoms with Crippen LogP contribution in [-0.4, -0.2) is 25.5 Å². The molecule has 17 heavy (non-hydrogen) atoms. The third-order valence-electron chi connectivity index (χ3n) is 3.59. The fourth-order valence-electron chi connectivity index (χ4n) is 1.53. The first-order valence-electron chi connectivity index (χ1n) is 5.89. The molecule has 0 radical (unpaired) electrons. The van der Waals surface area contributed by atoms with Gasteiger partial charge in [0.05, 0.1) is 0 Å². The Balaban J connectivity index is 5.16. The zero-order valence-electron chi connectivity index (χ0n) is 11.7. The normalized spacial score (nSPS) is 12.7. The minimum absolute atomic E-state index is 0.0520. The van der Waals surface area contributed by atoms with Crippen molar-refractivity contribution in [3.05, 3.63) is 24.3 Å². The van der Waals surface area contributed by atoms with E-state index in [1.54, 1.807) is 0 Å². The molecule has 0 aliphatic heterocycles. The van der Waals surface area contributed by atoms with Crippen LogP contribution in [0.15, 0.2) is 24.3 Å². The van der Waals surface area contributed by atoms with Crippen LogP contribution in [0.4, 0.5) is 0 Å². The van der Waals surface area contributed by atoms with Crippen LogP contribution in [0.25, 0.3) is 0 Å². The third kappa shape index (κ3) is 4.82. The van der Waals surface area contributed by atoms with Gasteiger partial charge in [-0.2, -0.15) is 11.5 Å². The quantitative estimate of drug-likeness (QED) is 0.494. The molecule has 0 rings (SSSR count). The summed E-state index contributed by atoms with van der Waals surface area (Å²) in [5, 5.41) is 0.873. The lowest BCUT2D eigenvalue weighted by atomic mass is 9.87. The maximum atomic E-state index is 6.47. The van der Waals surface area contributed by atoms with E-state index in [4.69, 9.17) is 23.1 Å². The molecule has 5 heteroatoms. The molecule has 0 saturated heterocycles. The maximum Gasteiger partial charge on any atom is 0.328 e. The Labute approximate surface area is 118 Å². The van der Waals surface area contributed by atoms with Crippen molar-refractivity contribution in [2.45, 2.75) is 45.2 Å². The Morgan fingerprint density at radius 3 is 2.18 bits per heavy atom. The van der Waals surface area contributed by atoms with Gasteiger partial charge < -0.3 is 4.48 Å². The van der Waals surface area contributed by atoms with E-state index < -0.39 is 8.24 Å². The second-order valence-electron chi connectivity index (χ2n) is 5.91. The largest absolute Gasteiger partial charge is 0.346 e. The summed E-state index contributed by atoms with van der Waals surface area (Å²) in [6.45, 7) is 19.6. The van der Waals surface area contributed by atoms with Crippen LogP contribution < -0.4 is 0 Å². The molecule has 0 heterocycles. The average Bonchev–Trinajstić information content (AvgIpc) is 2.12. The van der Waals surface area contributed by atoms with E-state index in [0.29, 0.717) is 11.6 Å². The van der Waals surface area contributed by atoms with Gasteiger partial charge in [0.15, 0.2) is 0 Å². The van der Waals surface area contributed by atoms with Crippen molar-refractivity contribution in [2.75, 3.05) is 6.54 Å². The van der Waals surface area contributed by atoms with Gasteiger partial charge in [0.2, 0.25) is 0 Å². The molecule has 0 N–H and O–H groups in total. The number of nitrogens with zero attached hydrogens (tertiary/aromatic N) is 1. The fourth-order valence-corrected chi connectivity index (χ4v) is 4.94. The molecular weight excluding hydrogens is 268 g/mol. The van der Waals surface area contributed by atoms with Crippen LogP contribution in [0.5, 0.6) is 0 Å². The standard InChI is InChI=1S/C12H24BCl2NSi/c1-8-9-13(15)16(10-11(2)14)17(6,7)12(3,4)5/h8H,1-2,9-10H2,3-7H3. The molecule has 0 amide bonds. The minimum atomic E-state index is -1.69. The predicted molar refractivity (Wildman–Crippen MR) is 85.5 cm³/mol. The number of allylic oxidation sites excluding steroid dienone is 1. The van der Waals surface area contributed by atoms with Gasteiger partial charge in [-0.15, -0.1) is 6.58 Å². The summed E-state index contributed by atoms with van der Waals surface area (Å²) < 4.78 is 2.32. The van der Waals surface area contributed by atoms with Crippen LogP contribution in [0, 0.1) is 0 Å². The average molecular weight is 292 g/mol. The Bertz CT molecular complexity index is 287. The first-order valence-corrected chi connectivity index (χ1v) is 9.65. The molecule has 0 saturated carbocycles. The lowest BCUT2D eigenvalue weighted by Crippen LogP contribution is -2.59. The molecule has 0 unspecified atom stereocenters. The van der Waals surface area contributed by atoms with Gasteiger partial charge in [-0.1, -0.05) is 58.1 Å². The molecule has 0 aromatic heterocycles. The van der Waals surface area contributed by atoms with Crippen LogP contribution in [0.1, 0.15) is 20.8 Å². The van der Waals surface area contributed by atoms with Crippen molar-refractivity contribution in [3.8, 4) is 0 Å². The topological polar surface area (TPSA) is 3.24 Å². The molecule has 1 nitrogen and oxygen atoms in total. The predicted octanol–water partition coefficient (Wildman–Crippen LogP) is 4.96. The van der Waals surface area contributed by atoms with E-state index in [9.17, 15) is 0 Å². The Morgan fingerprint density at radius 1 is 1.41 bits per heavy atom.